The quantitative estimate of drug-likeness (QED) is 0.121. The number of hydrogen-bond donors (Lipinski definition) is 0. The van der Waals surface area contributed by atoms with E-state index in [0.29, 0.717) is 42.3 Å². The number of rotatable bonds is 19. The first kappa shape index (κ1) is 34.7. The lowest BCUT2D eigenvalue weighted by Gasteiger charge is -2.30. The summed E-state index contributed by atoms with van der Waals surface area (Å²) in [5.74, 6) is -0.360. The van der Waals surface area contributed by atoms with Gasteiger partial charge in [-0.15, -0.1) is 0 Å². The molecule has 0 heterocycles. The maximum absolute atomic E-state index is 13.9. The number of benzene rings is 2. The average molecular weight is 586 g/mol. The molecular weight excluding hydrogens is 534 g/mol. The van der Waals surface area contributed by atoms with Crippen LogP contribution in [-0.2, 0) is 14.3 Å². The smallest absolute Gasteiger partial charge is 0.414 e. The van der Waals surface area contributed by atoms with E-state index in [1.807, 2.05) is 36.4 Å². The van der Waals surface area contributed by atoms with Crippen molar-refractivity contribution < 1.29 is 19.1 Å². The Bertz CT molecular complexity index is 1030. The number of esters is 1. The van der Waals surface area contributed by atoms with Gasteiger partial charge in [0.25, 0.3) is 0 Å². The predicted octanol–water partition coefficient (Wildman–Crippen LogP) is 10.2. The number of halogens is 1. The fourth-order valence-corrected chi connectivity index (χ4v) is 5.21. The highest BCUT2D eigenvalue weighted by Gasteiger charge is 2.31. The van der Waals surface area contributed by atoms with Crippen LogP contribution in [0.15, 0.2) is 48.5 Å². The molecule has 3 atom stereocenters. The zero-order valence-electron chi connectivity index (χ0n) is 26.0. The van der Waals surface area contributed by atoms with Crippen molar-refractivity contribution in [2.24, 2.45) is 11.8 Å². The van der Waals surface area contributed by atoms with Crippen molar-refractivity contribution in [3.05, 3.63) is 64.7 Å². The molecule has 1 amide bonds. The van der Waals surface area contributed by atoms with Gasteiger partial charge in [-0.1, -0.05) is 121 Å². The van der Waals surface area contributed by atoms with Crippen LogP contribution in [0.3, 0.4) is 0 Å². The van der Waals surface area contributed by atoms with Crippen LogP contribution in [0.1, 0.15) is 116 Å². The summed E-state index contributed by atoms with van der Waals surface area (Å²) in [4.78, 5) is 29.3. The fourth-order valence-electron chi connectivity index (χ4n) is 5.09. The first-order valence-corrected chi connectivity index (χ1v) is 16.2. The first-order chi connectivity index (χ1) is 19.9. The van der Waals surface area contributed by atoms with Crippen LogP contribution in [0.25, 0.3) is 0 Å². The van der Waals surface area contributed by atoms with E-state index in [2.05, 4.69) is 34.6 Å². The second-order valence-corrected chi connectivity index (χ2v) is 11.5. The van der Waals surface area contributed by atoms with Crippen LogP contribution in [0, 0.1) is 11.8 Å². The third kappa shape index (κ3) is 11.3. The highest BCUT2D eigenvalue weighted by molar-refractivity contribution is 6.30. The number of para-hydroxylation sites is 1. The second kappa shape index (κ2) is 19.6. The number of ether oxygens (including phenoxy) is 2. The van der Waals surface area contributed by atoms with Crippen molar-refractivity contribution in [3.8, 4) is 0 Å². The van der Waals surface area contributed by atoms with Gasteiger partial charge in [0, 0.05) is 11.6 Å². The summed E-state index contributed by atoms with van der Waals surface area (Å²) < 4.78 is 11.8. The van der Waals surface area contributed by atoms with E-state index in [0.717, 1.165) is 75.3 Å². The molecule has 0 N–H and O–H groups in total. The van der Waals surface area contributed by atoms with Crippen LogP contribution < -0.4 is 4.90 Å². The molecule has 0 spiro atoms. The lowest BCUT2D eigenvalue weighted by atomic mass is 9.89. The Kier molecular flexibility index (Phi) is 16.5. The maximum Gasteiger partial charge on any atom is 0.414 e. The topological polar surface area (TPSA) is 55.8 Å². The van der Waals surface area contributed by atoms with Gasteiger partial charge >= 0.3 is 12.1 Å². The van der Waals surface area contributed by atoms with E-state index in [4.69, 9.17) is 21.1 Å². The SMILES string of the molecule is CCCCOC(=O)N(CC(CC)CCCC)c1ccccc1C(C(=O)OCC(CC)CCCC)c1ccc(Cl)cc1. The van der Waals surface area contributed by atoms with E-state index < -0.39 is 5.92 Å². The van der Waals surface area contributed by atoms with Gasteiger partial charge in [-0.3, -0.25) is 9.69 Å². The first-order valence-electron chi connectivity index (χ1n) is 15.8. The molecule has 0 saturated carbocycles. The lowest BCUT2D eigenvalue weighted by Crippen LogP contribution is -2.37. The van der Waals surface area contributed by atoms with Crippen molar-refractivity contribution in [2.45, 2.75) is 105 Å². The summed E-state index contributed by atoms with van der Waals surface area (Å²) in [7, 11) is 0. The molecule has 2 aromatic carbocycles. The van der Waals surface area contributed by atoms with Crippen molar-refractivity contribution in [1.82, 2.24) is 0 Å². The van der Waals surface area contributed by atoms with Gasteiger partial charge in [0.1, 0.15) is 5.92 Å². The zero-order chi connectivity index (χ0) is 30.0. The van der Waals surface area contributed by atoms with E-state index in [1.165, 1.54) is 0 Å². The standard InChI is InChI=1S/C35H52ClNO4/c1-6-11-16-27(9-4)25-37(35(39)40-24-13-8-3)32-19-15-14-18-31(32)33(29-20-22-30(36)23-21-29)34(38)41-26-28(10-5)17-12-7-2/h14-15,18-23,27-28,33H,6-13,16-17,24-26H2,1-5H3. The van der Waals surface area contributed by atoms with Gasteiger partial charge in [-0.25, -0.2) is 4.79 Å². The number of amides is 1. The normalized spacial score (nSPS) is 13.3. The Labute approximate surface area is 253 Å². The molecule has 0 aromatic heterocycles. The molecule has 0 fully saturated rings. The summed E-state index contributed by atoms with van der Waals surface area (Å²) in [6.07, 6.45) is 9.83. The number of nitrogens with zero attached hydrogens (tertiary/aromatic N) is 1. The van der Waals surface area contributed by atoms with Gasteiger partial charge in [0.15, 0.2) is 0 Å². The number of hydrogen-bond acceptors (Lipinski definition) is 4. The number of unbranched alkanes of at least 4 members (excludes halogenated alkanes) is 3. The van der Waals surface area contributed by atoms with E-state index >= 15 is 0 Å². The minimum Gasteiger partial charge on any atom is -0.465 e. The van der Waals surface area contributed by atoms with Crippen LogP contribution in [0.2, 0.25) is 5.02 Å². The third-order valence-corrected chi connectivity index (χ3v) is 8.16. The molecule has 3 unspecified atom stereocenters. The Balaban J connectivity index is 2.53. The van der Waals surface area contributed by atoms with Crippen LogP contribution in [0.4, 0.5) is 10.5 Å². The van der Waals surface area contributed by atoms with Crippen molar-refractivity contribution in [2.75, 3.05) is 24.7 Å². The van der Waals surface area contributed by atoms with Gasteiger partial charge in [-0.2, -0.15) is 0 Å². The number of anilines is 1. The van der Waals surface area contributed by atoms with Crippen molar-refractivity contribution in [3.63, 3.8) is 0 Å². The van der Waals surface area contributed by atoms with Gasteiger partial charge in [0.05, 0.1) is 18.9 Å². The molecule has 0 radical (unpaired) electrons. The highest BCUT2D eigenvalue weighted by atomic mass is 35.5. The molecule has 6 heteroatoms. The van der Waals surface area contributed by atoms with Gasteiger partial charge in [0.2, 0.25) is 0 Å². The number of carbonyl (C=O) groups is 2. The molecule has 2 rings (SSSR count). The minimum atomic E-state index is -0.700. The van der Waals surface area contributed by atoms with Crippen LogP contribution in [0.5, 0.6) is 0 Å². The van der Waals surface area contributed by atoms with Crippen LogP contribution >= 0.6 is 11.6 Å². The monoisotopic (exact) mass is 585 g/mol. The van der Waals surface area contributed by atoms with Crippen LogP contribution in [-0.4, -0.2) is 31.8 Å². The second-order valence-electron chi connectivity index (χ2n) is 11.1. The summed E-state index contributed by atoms with van der Waals surface area (Å²) in [5, 5.41) is 0.600. The Morgan fingerprint density at radius 2 is 1.39 bits per heavy atom. The third-order valence-electron chi connectivity index (χ3n) is 7.91. The molecule has 0 aliphatic carbocycles. The largest absolute Gasteiger partial charge is 0.465 e. The molecule has 2 aromatic rings. The zero-order valence-corrected chi connectivity index (χ0v) is 26.8. The summed E-state index contributed by atoms with van der Waals surface area (Å²) in [6, 6.07) is 15.0. The highest BCUT2D eigenvalue weighted by Crippen LogP contribution is 2.36. The average Bonchev–Trinajstić information content (AvgIpc) is 2.99. The molecule has 0 bridgehead atoms. The lowest BCUT2D eigenvalue weighted by molar-refractivity contribution is -0.145. The van der Waals surface area contributed by atoms with Crippen molar-refractivity contribution >= 4 is 29.4 Å². The number of carbonyl (C=O) groups excluding carboxylic acids is 2. The molecule has 0 aliphatic rings. The van der Waals surface area contributed by atoms with Gasteiger partial charge < -0.3 is 9.47 Å². The summed E-state index contributed by atoms with van der Waals surface area (Å²) in [6.45, 7) is 12.1. The predicted molar refractivity (Wildman–Crippen MR) is 171 cm³/mol. The Morgan fingerprint density at radius 3 is 2.00 bits per heavy atom. The maximum atomic E-state index is 13.9. The summed E-state index contributed by atoms with van der Waals surface area (Å²) >= 11 is 6.22. The molecule has 41 heavy (non-hydrogen) atoms. The van der Waals surface area contributed by atoms with E-state index in [9.17, 15) is 9.59 Å². The summed E-state index contributed by atoms with van der Waals surface area (Å²) in [5.41, 5.74) is 2.21. The fraction of sp³-hybridized carbons (Fsp3) is 0.600. The minimum absolute atomic E-state index is 0.313. The molecule has 5 nitrogen and oxygen atoms in total. The molecule has 0 saturated heterocycles. The molecule has 228 valence electrons. The Hall–Kier alpha value is -2.53. The molecule has 0 aliphatic heterocycles. The van der Waals surface area contributed by atoms with E-state index in [-0.39, 0.29) is 12.1 Å². The van der Waals surface area contributed by atoms with E-state index in [1.54, 1.807) is 17.0 Å². The van der Waals surface area contributed by atoms with Gasteiger partial charge in [-0.05, 0) is 60.4 Å². The van der Waals surface area contributed by atoms with Crippen molar-refractivity contribution in [1.29, 1.82) is 0 Å². The molecular formula is C35H52ClNO4. The Morgan fingerprint density at radius 1 is 0.780 bits per heavy atom.